The Morgan fingerprint density at radius 3 is 2.88 bits per heavy atom. The number of aromatic nitrogens is 2. The van der Waals surface area contributed by atoms with E-state index in [0.29, 0.717) is 18.2 Å². The van der Waals surface area contributed by atoms with Crippen LogP contribution in [0, 0.1) is 0 Å². The highest BCUT2D eigenvalue weighted by Gasteiger charge is 2.32. The normalized spacial score (nSPS) is 14.8. The first-order valence-corrected chi connectivity index (χ1v) is 5.60. The average molecular weight is 220 g/mol. The fourth-order valence-electron chi connectivity index (χ4n) is 1.68. The molecule has 0 radical (unpaired) electrons. The Morgan fingerprint density at radius 1 is 1.50 bits per heavy atom. The molecule has 1 aromatic rings. The summed E-state index contributed by atoms with van der Waals surface area (Å²) in [6, 6.07) is 2.11. The molecule has 1 fully saturated rings. The molecule has 0 aliphatic heterocycles. The molecule has 0 saturated heterocycles. The average Bonchev–Trinajstić information content (AvgIpc) is 3.15. The van der Waals surface area contributed by atoms with Gasteiger partial charge in [-0.3, -0.25) is 4.79 Å². The zero-order valence-corrected chi connectivity index (χ0v) is 9.17. The van der Waals surface area contributed by atoms with Gasteiger partial charge in [-0.05, 0) is 31.9 Å². The summed E-state index contributed by atoms with van der Waals surface area (Å²) >= 11 is 0. The van der Waals surface area contributed by atoms with E-state index >= 15 is 0 Å². The van der Waals surface area contributed by atoms with E-state index in [1.165, 1.54) is 6.20 Å². The zero-order valence-electron chi connectivity index (χ0n) is 9.17. The summed E-state index contributed by atoms with van der Waals surface area (Å²) < 4.78 is 0. The van der Waals surface area contributed by atoms with E-state index in [4.69, 9.17) is 5.73 Å². The molecule has 1 amide bonds. The second-order valence-electron chi connectivity index (χ2n) is 4.00. The maximum absolute atomic E-state index is 12.1. The standard InChI is InChI=1S/C11H16N4O/c12-5-1-7-15(10-2-3-10)11(16)9-4-6-13-14-8-9/h4,6,8,10H,1-3,5,7,12H2. The van der Waals surface area contributed by atoms with E-state index in [-0.39, 0.29) is 5.91 Å². The third-order valence-electron chi connectivity index (χ3n) is 2.68. The molecule has 0 bridgehead atoms. The van der Waals surface area contributed by atoms with Crippen molar-refractivity contribution in [1.82, 2.24) is 15.1 Å². The van der Waals surface area contributed by atoms with Gasteiger partial charge < -0.3 is 10.6 Å². The quantitative estimate of drug-likeness (QED) is 0.781. The van der Waals surface area contributed by atoms with Gasteiger partial charge in [0.25, 0.3) is 5.91 Å². The Balaban J connectivity index is 2.05. The third-order valence-corrected chi connectivity index (χ3v) is 2.68. The van der Waals surface area contributed by atoms with Gasteiger partial charge in [0.1, 0.15) is 0 Å². The first-order valence-electron chi connectivity index (χ1n) is 5.60. The molecular weight excluding hydrogens is 204 g/mol. The smallest absolute Gasteiger partial charge is 0.255 e. The predicted octanol–water partition coefficient (Wildman–Crippen LogP) is 0.430. The number of hydrogen-bond acceptors (Lipinski definition) is 4. The molecule has 1 heterocycles. The van der Waals surface area contributed by atoms with Crippen LogP contribution in [0.25, 0.3) is 0 Å². The minimum Gasteiger partial charge on any atom is -0.336 e. The maximum Gasteiger partial charge on any atom is 0.255 e. The Bertz CT molecular complexity index is 350. The number of hydrogen-bond donors (Lipinski definition) is 1. The second kappa shape index (κ2) is 5.03. The summed E-state index contributed by atoms with van der Waals surface area (Å²) in [6.07, 6.45) is 6.12. The van der Waals surface area contributed by atoms with E-state index in [0.717, 1.165) is 25.8 Å². The molecule has 0 aromatic carbocycles. The molecule has 0 unspecified atom stereocenters. The Kier molecular flexibility index (Phi) is 3.46. The summed E-state index contributed by atoms with van der Waals surface area (Å²) in [4.78, 5) is 14.1. The van der Waals surface area contributed by atoms with Crippen molar-refractivity contribution >= 4 is 5.91 Å². The minimum absolute atomic E-state index is 0.0471. The molecule has 16 heavy (non-hydrogen) atoms. The third kappa shape index (κ3) is 2.55. The number of rotatable bonds is 5. The van der Waals surface area contributed by atoms with Crippen molar-refractivity contribution in [2.45, 2.75) is 25.3 Å². The SMILES string of the molecule is NCCCN(C(=O)c1ccnnc1)C1CC1. The number of carbonyl (C=O) groups excluding carboxylic acids is 1. The molecule has 2 rings (SSSR count). The van der Waals surface area contributed by atoms with Gasteiger partial charge in [-0.2, -0.15) is 10.2 Å². The molecule has 86 valence electrons. The molecule has 5 nitrogen and oxygen atoms in total. The predicted molar refractivity (Wildman–Crippen MR) is 59.8 cm³/mol. The fourth-order valence-corrected chi connectivity index (χ4v) is 1.68. The van der Waals surface area contributed by atoms with Crippen molar-refractivity contribution < 1.29 is 4.79 Å². The molecule has 1 saturated carbocycles. The highest BCUT2D eigenvalue weighted by molar-refractivity contribution is 5.94. The van der Waals surface area contributed by atoms with E-state index < -0.39 is 0 Å². The molecule has 1 aliphatic rings. The van der Waals surface area contributed by atoms with Crippen LogP contribution in [0.5, 0.6) is 0 Å². The first-order chi connectivity index (χ1) is 7.83. The monoisotopic (exact) mass is 220 g/mol. The molecular formula is C11H16N4O. The summed E-state index contributed by atoms with van der Waals surface area (Å²) in [5.41, 5.74) is 6.09. The molecule has 0 atom stereocenters. The van der Waals surface area contributed by atoms with E-state index in [1.807, 2.05) is 4.90 Å². The Morgan fingerprint density at radius 2 is 2.31 bits per heavy atom. The first kappa shape index (κ1) is 11.0. The molecule has 1 aliphatic carbocycles. The molecule has 1 aromatic heterocycles. The zero-order chi connectivity index (χ0) is 11.4. The number of carbonyl (C=O) groups is 1. The van der Waals surface area contributed by atoms with E-state index in [9.17, 15) is 4.79 Å². The molecule has 5 heteroatoms. The fraction of sp³-hybridized carbons (Fsp3) is 0.545. The lowest BCUT2D eigenvalue weighted by Gasteiger charge is -2.21. The van der Waals surface area contributed by atoms with Crippen LogP contribution in [0.4, 0.5) is 0 Å². The Labute approximate surface area is 94.6 Å². The molecule has 0 spiro atoms. The van der Waals surface area contributed by atoms with Crippen LogP contribution < -0.4 is 5.73 Å². The van der Waals surface area contributed by atoms with Crippen molar-refractivity contribution in [3.8, 4) is 0 Å². The van der Waals surface area contributed by atoms with Crippen molar-refractivity contribution in [1.29, 1.82) is 0 Å². The van der Waals surface area contributed by atoms with Gasteiger partial charge in [0.05, 0.1) is 18.0 Å². The van der Waals surface area contributed by atoms with Crippen LogP contribution in [0.2, 0.25) is 0 Å². The van der Waals surface area contributed by atoms with Crippen molar-refractivity contribution in [3.63, 3.8) is 0 Å². The van der Waals surface area contributed by atoms with Crippen molar-refractivity contribution in [2.75, 3.05) is 13.1 Å². The van der Waals surface area contributed by atoms with Gasteiger partial charge >= 0.3 is 0 Å². The lowest BCUT2D eigenvalue weighted by Crippen LogP contribution is -2.35. The summed E-state index contributed by atoms with van der Waals surface area (Å²) in [5, 5.41) is 7.39. The molecule has 2 N–H and O–H groups in total. The van der Waals surface area contributed by atoms with Crippen molar-refractivity contribution in [2.24, 2.45) is 5.73 Å². The van der Waals surface area contributed by atoms with Crippen LogP contribution in [0.1, 0.15) is 29.6 Å². The number of nitrogens with zero attached hydrogens (tertiary/aromatic N) is 3. The highest BCUT2D eigenvalue weighted by atomic mass is 16.2. The van der Waals surface area contributed by atoms with Gasteiger partial charge in [0, 0.05) is 12.6 Å². The van der Waals surface area contributed by atoms with Crippen molar-refractivity contribution in [3.05, 3.63) is 24.0 Å². The van der Waals surface area contributed by atoms with Crippen LogP contribution >= 0.6 is 0 Å². The number of amides is 1. The van der Waals surface area contributed by atoms with E-state index in [2.05, 4.69) is 10.2 Å². The maximum atomic E-state index is 12.1. The van der Waals surface area contributed by atoms with Gasteiger partial charge in [0.15, 0.2) is 0 Å². The van der Waals surface area contributed by atoms with Gasteiger partial charge in [0.2, 0.25) is 0 Å². The highest BCUT2D eigenvalue weighted by Crippen LogP contribution is 2.28. The van der Waals surface area contributed by atoms with E-state index in [1.54, 1.807) is 12.3 Å². The lowest BCUT2D eigenvalue weighted by molar-refractivity contribution is 0.0741. The van der Waals surface area contributed by atoms with Crippen LogP contribution in [-0.2, 0) is 0 Å². The Hall–Kier alpha value is -1.49. The topological polar surface area (TPSA) is 72.1 Å². The summed E-state index contributed by atoms with van der Waals surface area (Å²) in [5.74, 6) is 0.0471. The summed E-state index contributed by atoms with van der Waals surface area (Å²) in [6.45, 7) is 1.35. The van der Waals surface area contributed by atoms with Crippen LogP contribution in [0.15, 0.2) is 18.5 Å². The van der Waals surface area contributed by atoms with Gasteiger partial charge in [-0.25, -0.2) is 0 Å². The van der Waals surface area contributed by atoms with Crippen LogP contribution in [-0.4, -0.2) is 40.1 Å². The second-order valence-corrected chi connectivity index (χ2v) is 4.00. The van der Waals surface area contributed by atoms with Crippen LogP contribution in [0.3, 0.4) is 0 Å². The lowest BCUT2D eigenvalue weighted by atomic mass is 10.2. The van der Waals surface area contributed by atoms with Gasteiger partial charge in [-0.1, -0.05) is 0 Å². The number of nitrogens with two attached hydrogens (primary N) is 1. The van der Waals surface area contributed by atoms with Gasteiger partial charge in [-0.15, -0.1) is 0 Å². The largest absolute Gasteiger partial charge is 0.336 e. The minimum atomic E-state index is 0.0471. The summed E-state index contributed by atoms with van der Waals surface area (Å²) in [7, 11) is 0.